The highest BCUT2D eigenvalue weighted by Crippen LogP contribution is 2.12. The van der Waals surface area contributed by atoms with Crippen LogP contribution >= 0.6 is 0 Å². The summed E-state index contributed by atoms with van der Waals surface area (Å²) in [6.45, 7) is 4.56. The molecular formula is C13H18N2O2. The fraction of sp³-hybridized carbons (Fsp3) is 0.462. The van der Waals surface area contributed by atoms with E-state index in [1.54, 1.807) is 24.3 Å². The number of aromatic hydroxyl groups is 1. The van der Waals surface area contributed by atoms with Crippen LogP contribution in [-0.2, 0) is 11.2 Å². The number of carbonyl (C=O) groups excluding carboxylic acids is 1. The van der Waals surface area contributed by atoms with Gasteiger partial charge < -0.3 is 15.3 Å². The molecule has 1 aliphatic heterocycles. The molecule has 1 fully saturated rings. The first kappa shape index (κ1) is 11.9. The van der Waals surface area contributed by atoms with Crippen molar-refractivity contribution in [3.05, 3.63) is 29.8 Å². The maximum atomic E-state index is 12.1. The molecule has 4 nitrogen and oxygen atoms in total. The summed E-state index contributed by atoms with van der Waals surface area (Å²) >= 11 is 0. The molecule has 0 spiro atoms. The van der Waals surface area contributed by atoms with Crippen molar-refractivity contribution < 1.29 is 9.90 Å². The summed E-state index contributed by atoms with van der Waals surface area (Å²) in [5.74, 6) is 0.390. The van der Waals surface area contributed by atoms with Gasteiger partial charge in [-0.1, -0.05) is 12.1 Å². The van der Waals surface area contributed by atoms with Crippen molar-refractivity contribution in [2.24, 2.45) is 0 Å². The molecule has 1 aromatic rings. The Morgan fingerprint density at radius 3 is 2.82 bits per heavy atom. The van der Waals surface area contributed by atoms with Gasteiger partial charge in [-0.05, 0) is 24.6 Å². The molecule has 1 amide bonds. The Hall–Kier alpha value is -1.55. The Balaban J connectivity index is 1.98. The molecule has 1 aliphatic rings. The van der Waals surface area contributed by atoms with Crippen LogP contribution in [0.4, 0.5) is 0 Å². The average Bonchev–Trinajstić information content (AvgIpc) is 2.32. The number of piperazine rings is 1. The van der Waals surface area contributed by atoms with Gasteiger partial charge in [-0.25, -0.2) is 0 Å². The lowest BCUT2D eigenvalue weighted by atomic mass is 10.1. The minimum Gasteiger partial charge on any atom is -0.508 e. The number of amides is 1. The molecular weight excluding hydrogens is 216 g/mol. The lowest BCUT2D eigenvalue weighted by molar-refractivity contribution is -0.133. The van der Waals surface area contributed by atoms with E-state index in [-0.39, 0.29) is 17.7 Å². The van der Waals surface area contributed by atoms with E-state index in [0.29, 0.717) is 6.42 Å². The van der Waals surface area contributed by atoms with Gasteiger partial charge in [-0.15, -0.1) is 0 Å². The number of nitrogens with zero attached hydrogens (tertiary/aromatic N) is 1. The van der Waals surface area contributed by atoms with Gasteiger partial charge in [-0.3, -0.25) is 4.79 Å². The van der Waals surface area contributed by atoms with Crippen molar-refractivity contribution in [3.63, 3.8) is 0 Å². The highest BCUT2D eigenvalue weighted by molar-refractivity contribution is 5.79. The first-order valence-corrected chi connectivity index (χ1v) is 5.95. The molecule has 0 unspecified atom stereocenters. The molecule has 0 radical (unpaired) electrons. The molecule has 4 heteroatoms. The lowest BCUT2D eigenvalue weighted by Crippen LogP contribution is -2.52. The zero-order chi connectivity index (χ0) is 12.3. The maximum Gasteiger partial charge on any atom is 0.227 e. The SMILES string of the molecule is C[C@@H]1CNCCN1C(=O)Cc1ccc(O)cc1. The molecule has 0 bridgehead atoms. The minimum atomic E-state index is 0.157. The van der Waals surface area contributed by atoms with Crippen molar-refractivity contribution in [2.75, 3.05) is 19.6 Å². The first-order chi connectivity index (χ1) is 8.16. The van der Waals surface area contributed by atoms with E-state index < -0.39 is 0 Å². The monoisotopic (exact) mass is 234 g/mol. The summed E-state index contributed by atoms with van der Waals surface area (Å²) in [5.41, 5.74) is 0.943. The zero-order valence-corrected chi connectivity index (χ0v) is 10.0. The van der Waals surface area contributed by atoms with Gasteiger partial charge >= 0.3 is 0 Å². The Bertz CT molecular complexity index is 389. The van der Waals surface area contributed by atoms with Crippen LogP contribution in [0.3, 0.4) is 0 Å². The van der Waals surface area contributed by atoms with Crippen molar-refractivity contribution in [2.45, 2.75) is 19.4 Å². The van der Waals surface area contributed by atoms with E-state index in [4.69, 9.17) is 0 Å². The third-order valence-electron chi connectivity index (χ3n) is 3.11. The van der Waals surface area contributed by atoms with Gasteiger partial charge in [0.1, 0.15) is 5.75 Å². The van der Waals surface area contributed by atoms with Crippen molar-refractivity contribution in [1.29, 1.82) is 0 Å². The molecule has 0 aromatic heterocycles. The highest BCUT2D eigenvalue weighted by Gasteiger charge is 2.22. The number of hydrogen-bond acceptors (Lipinski definition) is 3. The highest BCUT2D eigenvalue weighted by atomic mass is 16.3. The fourth-order valence-corrected chi connectivity index (χ4v) is 2.10. The number of hydrogen-bond donors (Lipinski definition) is 2. The van der Waals surface area contributed by atoms with Crippen molar-refractivity contribution in [1.82, 2.24) is 10.2 Å². The Labute approximate surface area is 101 Å². The van der Waals surface area contributed by atoms with Crippen molar-refractivity contribution in [3.8, 4) is 5.75 Å². The molecule has 2 N–H and O–H groups in total. The molecule has 17 heavy (non-hydrogen) atoms. The molecule has 1 aromatic carbocycles. The van der Waals surface area contributed by atoms with Gasteiger partial charge in [0.15, 0.2) is 0 Å². The number of rotatable bonds is 2. The number of phenols is 1. The van der Waals surface area contributed by atoms with Crippen LogP contribution in [0, 0.1) is 0 Å². The van der Waals surface area contributed by atoms with Crippen LogP contribution in [-0.4, -0.2) is 41.6 Å². The van der Waals surface area contributed by atoms with Crippen LogP contribution in [0.1, 0.15) is 12.5 Å². The second-order valence-corrected chi connectivity index (χ2v) is 4.48. The van der Waals surface area contributed by atoms with Crippen LogP contribution in [0.5, 0.6) is 5.75 Å². The van der Waals surface area contributed by atoms with Crippen LogP contribution in [0.15, 0.2) is 24.3 Å². The second kappa shape index (κ2) is 5.19. The van der Waals surface area contributed by atoms with E-state index in [0.717, 1.165) is 25.2 Å². The lowest BCUT2D eigenvalue weighted by Gasteiger charge is -2.34. The molecule has 1 saturated heterocycles. The summed E-state index contributed by atoms with van der Waals surface area (Å²) < 4.78 is 0. The quantitative estimate of drug-likeness (QED) is 0.794. The van der Waals surface area contributed by atoms with Gasteiger partial charge in [0.2, 0.25) is 5.91 Å². The van der Waals surface area contributed by atoms with E-state index in [1.165, 1.54) is 0 Å². The number of carbonyl (C=O) groups is 1. The first-order valence-electron chi connectivity index (χ1n) is 5.95. The van der Waals surface area contributed by atoms with E-state index in [9.17, 15) is 9.90 Å². The Morgan fingerprint density at radius 2 is 2.18 bits per heavy atom. The number of nitrogens with one attached hydrogen (secondary N) is 1. The Kier molecular flexibility index (Phi) is 3.64. The van der Waals surface area contributed by atoms with Gasteiger partial charge in [0.25, 0.3) is 0 Å². The molecule has 1 atom stereocenters. The molecule has 0 saturated carbocycles. The summed E-state index contributed by atoms with van der Waals surface area (Å²) in [4.78, 5) is 14.0. The van der Waals surface area contributed by atoms with Crippen LogP contribution in [0.2, 0.25) is 0 Å². The van der Waals surface area contributed by atoms with E-state index >= 15 is 0 Å². The molecule has 92 valence electrons. The summed E-state index contributed by atoms with van der Waals surface area (Å²) in [7, 11) is 0. The molecule has 1 heterocycles. The number of phenolic OH excluding ortho intramolecular Hbond substituents is 1. The largest absolute Gasteiger partial charge is 0.508 e. The van der Waals surface area contributed by atoms with E-state index in [1.807, 2.05) is 4.90 Å². The molecule has 0 aliphatic carbocycles. The second-order valence-electron chi connectivity index (χ2n) is 4.48. The topological polar surface area (TPSA) is 52.6 Å². The van der Waals surface area contributed by atoms with Crippen LogP contribution in [0.25, 0.3) is 0 Å². The van der Waals surface area contributed by atoms with Gasteiger partial charge in [-0.2, -0.15) is 0 Å². The minimum absolute atomic E-state index is 0.157. The summed E-state index contributed by atoms with van der Waals surface area (Å²) in [5, 5.41) is 12.4. The van der Waals surface area contributed by atoms with Crippen LogP contribution < -0.4 is 5.32 Å². The third-order valence-corrected chi connectivity index (χ3v) is 3.11. The standard InChI is InChI=1S/C13H18N2O2/c1-10-9-14-6-7-15(10)13(17)8-11-2-4-12(16)5-3-11/h2-5,10,14,16H,6-9H2,1H3/t10-/m1/s1. The van der Waals surface area contributed by atoms with E-state index in [2.05, 4.69) is 12.2 Å². The number of benzene rings is 1. The van der Waals surface area contributed by atoms with Crippen molar-refractivity contribution >= 4 is 5.91 Å². The normalized spacial score (nSPS) is 20.3. The van der Waals surface area contributed by atoms with Gasteiger partial charge in [0, 0.05) is 25.7 Å². The third kappa shape index (κ3) is 2.97. The summed E-state index contributed by atoms with van der Waals surface area (Å²) in [6.07, 6.45) is 0.407. The summed E-state index contributed by atoms with van der Waals surface area (Å²) in [6, 6.07) is 7.07. The average molecular weight is 234 g/mol. The predicted octanol–water partition coefficient (Wildman–Crippen LogP) is 0.755. The molecule has 2 rings (SSSR count). The smallest absolute Gasteiger partial charge is 0.227 e. The van der Waals surface area contributed by atoms with Gasteiger partial charge in [0.05, 0.1) is 6.42 Å². The zero-order valence-electron chi connectivity index (χ0n) is 10.0. The maximum absolute atomic E-state index is 12.1. The Morgan fingerprint density at radius 1 is 1.47 bits per heavy atom. The predicted molar refractivity (Wildman–Crippen MR) is 65.9 cm³/mol. The fourth-order valence-electron chi connectivity index (χ4n) is 2.10.